The maximum Gasteiger partial charge on any atom is 0.130 e. The highest BCUT2D eigenvalue weighted by Gasteiger charge is 2.10. The average Bonchev–Trinajstić information content (AvgIpc) is 3.38. The number of rotatable bonds is 4. The van der Waals surface area contributed by atoms with Crippen LogP contribution < -0.4 is 5.73 Å². The van der Waals surface area contributed by atoms with Crippen molar-refractivity contribution in [2.45, 2.75) is 47.5 Å². The number of benzene rings is 2. The third kappa shape index (κ3) is 5.80. The third-order valence-corrected chi connectivity index (χ3v) is 4.48. The van der Waals surface area contributed by atoms with Crippen LogP contribution in [-0.4, -0.2) is 27.6 Å². The van der Waals surface area contributed by atoms with Crippen LogP contribution in [0, 0.1) is 0 Å². The Labute approximate surface area is 180 Å². The minimum absolute atomic E-state index is 0.223. The number of nitrogens with one attached hydrogen (secondary N) is 1. The van der Waals surface area contributed by atoms with Crippen LogP contribution >= 0.6 is 0 Å². The number of aromatic nitrogens is 3. The summed E-state index contributed by atoms with van der Waals surface area (Å²) in [6, 6.07) is 12.7. The van der Waals surface area contributed by atoms with Gasteiger partial charge in [0.15, 0.2) is 0 Å². The normalized spacial score (nSPS) is 9.73. The minimum Gasteiger partial charge on any atom is -0.360 e. The summed E-state index contributed by atoms with van der Waals surface area (Å²) in [6.45, 7) is 9.64. The second-order valence-corrected chi connectivity index (χ2v) is 6.32. The quantitative estimate of drug-likeness (QED) is 0.443. The smallest absolute Gasteiger partial charge is 0.130 e. The van der Waals surface area contributed by atoms with Gasteiger partial charge in [0, 0.05) is 42.2 Å². The number of carbonyl (C=O) groups excluding carboxylic acids is 1. The molecule has 3 N–H and O–H groups in total. The molecule has 0 fully saturated rings. The molecule has 0 saturated carbocycles. The van der Waals surface area contributed by atoms with Crippen molar-refractivity contribution in [1.82, 2.24) is 14.8 Å². The number of ketones is 1. The van der Waals surface area contributed by atoms with E-state index < -0.39 is 0 Å². The van der Waals surface area contributed by atoms with Crippen LogP contribution in [0.4, 0.5) is 0 Å². The largest absolute Gasteiger partial charge is 0.360 e. The van der Waals surface area contributed by atoms with Gasteiger partial charge in [-0.05, 0) is 37.6 Å². The Hall–Kier alpha value is -2.92. The van der Waals surface area contributed by atoms with E-state index in [1.165, 1.54) is 18.0 Å². The van der Waals surface area contributed by atoms with Crippen LogP contribution in [0.3, 0.4) is 0 Å². The predicted octanol–water partition coefficient (Wildman–Crippen LogP) is 5.87. The molecular weight excluding hydrogens is 372 g/mol. The summed E-state index contributed by atoms with van der Waals surface area (Å²) in [7, 11) is 3.44. The Bertz CT molecular complexity index is 1060. The first-order valence-corrected chi connectivity index (χ1v) is 10.7. The van der Waals surface area contributed by atoms with Gasteiger partial charge in [-0.25, -0.2) is 0 Å². The molecule has 0 amide bonds. The van der Waals surface area contributed by atoms with E-state index in [1.807, 2.05) is 51.8 Å². The molecule has 5 nitrogen and oxygen atoms in total. The van der Waals surface area contributed by atoms with E-state index in [1.54, 1.807) is 6.92 Å². The van der Waals surface area contributed by atoms with Crippen molar-refractivity contribution in [2.24, 2.45) is 12.8 Å². The molecule has 4 rings (SSSR count). The van der Waals surface area contributed by atoms with E-state index in [0.717, 1.165) is 34.0 Å². The van der Waals surface area contributed by atoms with E-state index in [4.69, 9.17) is 0 Å². The van der Waals surface area contributed by atoms with E-state index in [-0.39, 0.29) is 5.78 Å². The fourth-order valence-corrected chi connectivity index (χ4v) is 3.28. The number of nitrogens with zero attached hydrogens (tertiary/aromatic N) is 2. The molecule has 0 saturated heterocycles. The summed E-state index contributed by atoms with van der Waals surface area (Å²) in [5.74, 6) is 0.223. The molecule has 4 aromatic rings. The monoisotopic (exact) mass is 408 g/mol. The minimum atomic E-state index is 0.223. The van der Waals surface area contributed by atoms with Crippen LogP contribution in [0.1, 0.15) is 46.6 Å². The molecule has 0 aliphatic carbocycles. The fourth-order valence-electron chi connectivity index (χ4n) is 3.28. The molecule has 0 aliphatic heterocycles. The molecule has 162 valence electrons. The molecule has 5 heteroatoms. The molecule has 30 heavy (non-hydrogen) atoms. The van der Waals surface area contributed by atoms with Crippen molar-refractivity contribution < 1.29 is 4.79 Å². The highest BCUT2D eigenvalue weighted by Crippen LogP contribution is 2.31. The van der Waals surface area contributed by atoms with Gasteiger partial charge in [0.05, 0.1) is 11.0 Å². The molecule has 0 bridgehead atoms. The number of aromatic amines is 1. The lowest BCUT2D eigenvalue weighted by atomic mass is 9.99. The fraction of sp³-hybridized carbons (Fsp3) is 0.360. The van der Waals surface area contributed by atoms with Crippen LogP contribution in [0.25, 0.3) is 32.9 Å². The van der Waals surface area contributed by atoms with Crippen molar-refractivity contribution >= 4 is 27.6 Å². The second-order valence-electron chi connectivity index (χ2n) is 6.32. The first-order chi connectivity index (χ1) is 14.6. The van der Waals surface area contributed by atoms with Crippen molar-refractivity contribution in [3.8, 4) is 11.1 Å². The number of hydrogen-bond donors (Lipinski definition) is 2. The summed E-state index contributed by atoms with van der Waals surface area (Å²) in [5.41, 5.74) is 10.1. The standard InChI is InChI=1S/C20H19N3O.2C2H6.CH5N/c1-13(24)6-7-15-11-21-20-17(4-3-5-18(15)20)14-8-9-16-12-23(2)22-19(16)10-14;3*1-2/h3-5,8-12,21H,6-7H2,1-2H3;2*1-2H3;2H2,1H3. The Balaban J connectivity index is 0.000000691. The average molecular weight is 409 g/mol. The number of fused-ring (bicyclic) bond motifs is 2. The number of carbonyl (C=O) groups is 1. The lowest BCUT2D eigenvalue weighted by Crippen LogP contribution is -1.92. The maximum atomic E-state index is 11.3. The number of aryl methyl sites for hydroxylation is 2. The number of nitrogens with two attached hydrogens (primary N) is 1. The second kappa shape index (κ2) is 12.6. The van der Waals surface area contributed by atoms with Gasteiger partial charge in [-0.2, -0.15) is 5.10 Å². The van der Waals surface area contributed by atoms with Crippen molar-refractivity contribution in [3.63, 3.8) is 0 Å². The van der Waals surface area contributed by atoms with Crippen molar-refractivity contribution in [2.75, 3.05) is 7.05 Å². The number of hydrogen-bond acceptors (Lipinski definition) is 3. The number of H-pyrrole nitrogens is 1. The number of para-hydroxylation sites is 1. The first-order valence-electron chi connectivity index (χ1n) is 10.7. The van der Waals surface area contributed by atoms with E-state index in [9.17, 15) is 4.79 Å². The molecule has 0 unspecified atom stereocenters. The highest BCUT2D eigenvalue weighted by molar-refractivity contribution is 5.98. The molecular formula is C25H36N4O. The Morgan fingerprint density at radius 2 is 1.80 bits per heavy atom. The summed E-state index contributed by atoms with van der Waals surface area (Å²) in [6.07, 6.45) is 5.40. The molecule has 2 heterocycles. The van der Waals surface area contributed by atoms with Gasteiger partial charge in [-0.1, -0.05) is 58.0 Å². The van der Waals surface area contributed by atoms with Gasteiger partial charge in [0.25, 0.3) is 0 Å². The van der Waals surface area contributed by atoms with Crippen molar-refractivity contribution in [3.05, 3.63) is 54.4 Å². The molecule has 2 aromatic heterocycles. The van der Waals surface area contributed by atoms with Crippen LogP contribution in [-0.2, 0) is 18.3 Å². The zero-order valence-corrected chi connectivity index (χ0v) is 19.4. The summed E-state index contributed by atoms with van der Waals surface area (Å²) >= 11 is 0. The third-order valence-electron chi connectivity index (χ3n) is 4.48. The Morgan fingerprint density at radius 1 is 1.10 bits per heavy atom. The zero-order valence-electron chi connectivity index (χ0n) is 19.4. The van der Waals surface area contributed by atoms with Gasteiger partial charge >= 0.3 is 0 Å². The predicted molar refractivity (Wildman–Crippen MR) is 130 cm³/mol. The van der Waals surface area contributed by atoms with Crippen LogP contribution in [0.15, 0.2) is 48.8 Å². The molecule has 0 aliphatic rings. The molecule has 0 spiro atoms. The molecule has 2 aromatic carbocycles. The topological polar surface area (TPSA) is 76.7 Å². The highest BCUT2D eigenvalue weighted by atomic mass is 16.1. The SMILES string of the molecule is CC.CC.CC(=O)CCc1c[nH]c2c(-c3ccc4cn(C)nc4c3)cccc12.CN. The summed E-state index contributed by atoms with van der Waals surface area (Å²) in [5, 5.41) is 6.83. The molecule has 0 radical (unpaired) electrons. The Morgan fingerprint density at radius 3 is 2.47 bits per heavy atom. The molecule has 0 atom stereocenters. The zero-order chi connectivity index (χ0) is 22.7. The van der Waals surface area contributed by atoms with Gasteiger partial charge in [-0.3, -0.25) is 4.68 Å². The Kier molecular flexibility index (Phi) is 10.6. The lowest BCUT2D eigenvalue weighted by molar-refractivity contribution is -0.116. The van der Waals surface area contributed by atoms with Crippen LogP contribution in [0.2, 0.25) is 0 Å². The van der Waals surface area contributed by atoms with E-state index in [0.29, 0.717) is 6.42 Å². The van der Waals surface area contributed by atoms with Gasteiger partial charge in [0.1, 0.15) is 5.78 Å². The van der Waals surface area contributed by atoms with E-state index in [2.05, 4.69) is 52.2 Å². The van der Waals surface area contributed by atoms with Crippen LogP contribution in [0.5, 0.6) is 0 Å². The summed E-state index contributed by atoms with van der Waals surface area (Å²) in [4.78, 5) is 14.7. The van der Waals surface area contributed by atoms with Crippen molar-refractivity contribution in [1.29, 1.82) is 0 Å². The summed E-state index contributed by atoms with van der Waals surface area (Å²) < 4.78 is 1.84. The van der Waals surface area contributed by atoms with Gasteiger partial charge in [-0.15, -0.1) is 0 Å². The lowest BCUT2D eigenvalue weighted by Gasteiger charge is -2.05. The number of Topliss-reactive ketones (excluding diaryl/α,β-unsaturated/α-hetero) is 1. The maximum absolute atomic E-state index is 11.3. The first kappa shape index (κ1) is 25.1. The van der Waals surface area contributed by atoms with Gasteiger partial charge in [0.2, 0.25) is 0 Å². The van der Waals surface area contributed by atoms with Gasteiger partial charge < -0.3 is 15.5 Å². The van der Waals surface area contributed by atoms with E-state index >= 15 is 0 Å².